The minimum Gasteiger partial charge on any atom is -0.326 e. The van der Waals surface area contributed by atoms with Crippen LogP contribution in [0.1, 0.15) is 11.1 Å². The van der Waals surface area contributed by atoms with Crippen LogP contribution < -0.4 is 4.90 Å². The van der Waals surface area contributed by atoms with Crippen LogP contribution in [0.4, 0.5) is 17.2 Å². The van der Waals surface area contributed by atoms with Gasteiger partial charge < -0.3 is 4.90 Å². The van der Waals surface area contributed by atoms with Crippen molar-refractivity contribution < 1.29 is 4.92 Å². The first-order valence-electron chi connectivity index (χ1n) is 6.23. The Balaban J connectivity index is 2.02. The van der Waals surface area contributed by atoms with Gasteiger partial charge >= 0.3 is 0 Å². The summed E-state index contributed by atoms with van der Waals surface area (Å²) < 4.78 is 0. The van der Waals surface area contributed by atoms with Gasteiger partial charge in [0.15, 0.2) is 0 Å². The van der Waals surface area contributed by atoms with Crippen LogP contribution in [0.25, 0.3) is 0 Å². The van der Waals surface area contributed by atoms with Crippen LogP contribution in [0.2, 0.25) is 5.02 Å². The van der Waals surface area contributed by atoms with E-state index < -0.39 is 4.92 Å². The Morgan fingerprint density at radius 3 is 2.90 bits per heavy atom. The van der Waals surface area contributed by atoms with Gasteiger partial charge in [0, 0.05) is 22.8 Å². The van der Waals surface area contributed by atoms with Crippen molar-refractivity contribution in [3.05, 3.63) is 56.7 Å². The van der Waals surface area contributed by atoms with Crippen molar-refractivity contribution in [3.63, 3.8) is 0 Å². The second-order valence-corrected chi connectivity index (χ2v) is 5.20. The molecule has 6 heteroatoms. The zero-order valence-electron chi connectivity index (χ0n) is 10.8. The van der Waals surface area contributed by atoms with E-state index in [2.05, 4.69) is 4.98 Å². The molecule has 0 aliphatic carbocycles. The molecule has 0 saturated carbocycles. The average molecular weight is 290 g/mol. The van der Waals surface area contributed by atoms with E-state index in [1.807, 2.05) is 23.1 Å². The first-order chi connectivity index (χ1) is 9.56. The Morgan fingerprint density at radius 1 is 1.40 bits per heavy atom. The molecule has 1 aliphatic rings. The standard InChI is InChI=1S/C14H12ClN3O2/c1-9-6-14(16-8-13(9)18(19)20)17-5-4-10-2-3-11(15)7-12(10)17/h2-3,6-8H,4-5H2,1H3. The first kappa shape index (κ1) is 12.9. The number of rotatable bonds is 2. The SMILES string of the molecule is Cc1cc(N2CCc3ccc(Cl)cc32)ncc1[N+](=O)[O-]. The van der Waals surface area contributed by atoms with Crippen molar-refractivity contribution in [3.8, 4) is 0 Å². The molecule has 1 aromatic heterocycles. The molecule has 102 valence electrons. The molecule has 1 aromatic carbocycles. The maximum Gasteiger partial charge on any atom is 0.290 e. The van der Waals surface area contributed by atoms with Crippen molar-refractivity contribution in [1.29, 1.82) is 0 Å². The minimum absolute atomic E-state index is 0.0410. The van der Waals surface area contributed by atoms with Crippen LogP contribution in [-0.2, 0) is 6.42 Å². The Kier molecular flexibility index (Phi) is 3.06. The monoisotopic (exact) mass is 289 g/mol. The van der Waals surface area contributed by atoms with Crippen molar-refractivity contribution in [2.45, 2.75) is 13.3 Å². The van der Waals surface area contributed by atoms with Crippen LogP contribution in [0, 0.1) is 17.0 Å². The second kappa shape index (κ2) is 4.76. The molecule has 3 rings (SSSR count). The van der Waals surface area contributed by atoms with Crippen molar-refractivity contribution in [2.24, 2.45) is 0 Å². The zero-order valence-corrected chi connectivity index (χ0v) is 11.6. The predicted octanol–water partition coefficient (Wildman–Crippen LogP) is 3.65. The lowest BCUT2D eigenvalue weighted by molar-refractivity contribution is -0.385. The summed E-state index contributed by atoms with van der Waals surface area (Å²) in [6.07, 6.45) is 2.23. The van der Waals surface area contributed by atoms with Crippen molar-refractivity contribution in [1.82, 2.24) is 4.98 Å². The van der Waals surface area contributed by atoms with Crippen LogP contribution in [0.3, 0.4) is 0 Å². The number of benzene rings is 1. The molecule has 0 fully saturated rings. The van der Waals surface area contributed by atoms with E-state index in [9.17, 15) is 10.1 Å². The summed E-state index contributed by atoms with van der Waals surface area (Å²) in [5.41, 5.74) is 2.89. The lowest BCUT2D eigenvalue weighted by Gasteiger charge is -2.18. The molecule has 0 bridgehead atoms. The van der Waals surface area contributed by atoms with E-state index >= 15 is 0 Å². The number of aryl methyl sites for hydroxylation is 1. The van der Waals surface area contributed by atoms with E-state index in [1.165, 1.54) is 11.8 Å². The van der Waals surface area contributed by atoms with Gasteiger partial charge in [-0.15, -0.1) is 0 Å². The molecule has 0 unspecified atom stereocenters. The lowest BCUT2D eigenvalue weighted by Crippen LogP contribution is -2.15. The molecule has 0 radical (unpaired) electrons. The molecule has 2 heterocycles. The fourth-order valence-corrected chi connectivity index (χ4v) is 2.63. The third-order valence-corrected chi connectivity index (χ3v) is 3.72. The van der Waals surface area contributed by atoms with E-state index in [-0.39, 0.29) is 5.69 Å². The molecule has 5 nitrogen and oxygen atoms in total. The van der Waals surface area contributed by atoms with E-state index in [1.54, 1.807) is 13.0 Å². The second-order valence-electron chi connectivity index (χ2n) is 4.76. The van der Waals surface area contributed by atoms with E-state index in [0.717, 1.165) is 18.7 Å². The van der Waals surface area contributed by atoms with Gasteiger partial charge in [-0.05, 0) is 37.1 Å². The number of pyridine rings is 1. The highest BCUT2D eigenvalue weighted by atomic mass is 35.5. The number of hydrogen-bond acceptors (Lipinski definition) is 4. The predicted molar refractivity (Wildman–Crippen MR) is 77.8 cm³/mol. The van der Waals surface area contributed by atoms with Crippen molar-refractivity contribution in [2.75, 3.05) is 11.4 Å². The summed E-state index contributed by atoms with van der Waals surface area (Å²) in [6.45, 7) is 2.53. The first-order valence-corrected chi connectivity index (χ1v) is 6.61. The fourth-order valence-electron chi connectivity index (χ4n) is 2.46. The molecule has 0 atom stereocenters. The molecular weight excluding hydrogens is 278 g/mol. The Labute approximate surface area is 121 Å². The molecule has 20 heavy (non-hydrogen) atoms. The summed E-state index contributed by atoms with van der Waals surface area (Å²) in [5.74, 6) is 0.717. The van der Waals surface area contributed by atoms with Gasteiger partial charge in [-0.1, -0.05) is 17.7 Å². The Hall–Kier alpha value is -2.14. The van der Waals surface area contributed by atoms with Crippen LogP contribution in [0.15, 0.2) is 30.5 Å². The highest BCUT2D eigenvalue weighted by molar-refractivity contribution is 6.30. The topological polar surface area (TPSA) is 59.3 Å². The summed E-state index contributed by atoms with van der Waals surface area (Å²) in [6, 6.07) is 7.53. The number of fused-ring (bicyclic) bond motifs is 1. The third-order valence-electron chi connectivity index (χ3n) is 3.48. The maximum atomic E-state index is 10.8. The number of halogens is 1. The highest BCUT2D eigenvalue weighted by Gasteiger charge is 2.23. The molecule has 0 N–H and O–H groups in total. The third kappa shape index (κ3) is 2.10. The lowest BCUT2D eigenvalue weighted by atomic mass is 10.2. The van der Waals surface area contributed by atoms with Gasteiger partial charge in [0.1, 0.15) is 12.0 Å². The molecule has 0 amide bonds. The van der Waals surface area contributed by atoms with Gasteiger partial charge in [-0.2, -0.15) is 0 Å². The van der Waals surface area contributed by atoms with Gasteiger partial charge in [0.25, 0.3) is 5.69 Å². The normalized spacial score (nSPS) is 13.4. The number of anilines is 2. The summed E-state index contributed by atoms with van der Waals surface area (Å²) >= 11 is 6.04. The molecule has 0 saturated heterocycles. The maximum absolute atomic E-state index is 10.8. The van der Waals surface area contributed by atoms with E-state index in [4.69, 9.17) is 11.6 Å². The Morgan fingerprint density at radius 2 is 2.20 bits per heavy atom. The van der Waals surface area contributed by atoms with Gasteiger partial charge in [0.05, 0.1) is 4.92 Å². The molecular formula is C14H12ClN3O2. The zero-order chi connectivity index (χ0) is 14.3. The van der Waals surface area contributed by atoms with Crippen LogP contribution >= 0.6 is 11.6 Å². The summed E-state index contributed by atoms with van der Waals surface area (Å²) in [5, 5.41) is 11.5. The number of aromatic nitrogens is 1. The Bertz CT molecular complexity index is 703. The summed E-state index contributed by atoms with van der Waals surface area (Å²) in [4.78, 5) is 16.7. The fraction of sp³-hybridized carbons (Fsp3) is 0.214. The van der Waals surface area contributed by atoms with Crippen molar-refractivity contribution >= 4 is 28.8 Å². The van der Waals surface area contributed by atoms with Gasteiger partial charge in [0.2, 0.25) is 0 Å². The van der Waals surface area contributed by atoms with Gasteiger partial charge in [-0.3, -0.25) is 10.1 Å². The van der Waals surface area contributed by atoms with Crippen LogP contribution in [0.5, 0.6) is 0 Å². The number of hydrogen-bond donors (Lipinski definition) is 0. The molecule has 0 spiro atoms. The van der Waals surface area contributed by atoms with E-state index in [0.29, 0.717) is 16.4 Å². The summed E-state index contributed by atoms with van der Waals surface area (Å²) in [7, 11) is 0. The number of nitro groups is 1. The minimum atomic E-state index is -0.416. The largest absolute Gasteiger partial charge is 0.326 e. The number of nitrogens with zero attached hydrogens (tertiary/aromatic N) is 3. The highest BCUT2D eigenvalue weighted by Crippen LogP contribution is 2.36. The smallest absolute Gasteiger partial charge is 0.290 e. The quantitative estimate of drug-likeness (QED) is 0.625. The average Bonchev–Trinajstić information content (AvgIpc) is 2.81. The van der Waals surface area contributed by atoms with Crippen LogP contribution in [-0.4, -0.2) is 16.5 Å². The molecule has 2 aromatic rings. The van der Waals surface area contributed by atoms with Gasteiger partial charge in [-0.25, -0.2) is 4.98 Å². The molecule has 1 aliphatic heterocycles.